The molecule has 6 nitrogen and oxygen atoms in total. The van der Waals surface area contributed by atoms with Crippen molar-refractivity contribution >= 4 is 5.97 Å². The van der Waals surface area contributed by atoms with E-state index in [9.17, 15) is 25.2 Å². The highest BCUT2D eigenvalue weighted by Crippen LogP contribution is 2.68. The minimum Gasteiger partial charge on any atom is -0.479 e. The first kappa shape index (κ1) is 22.5. The number of rotatable bonds is 4. The van der Waals surface area contributed by atoms with Crippen molar-refractivity contribution in [3.63, 3.8) is 0 Å². The number of carboxylic acid groups (broad SMARTS) is 1. The zero-order valence-corrected chi connectivity index (χ0v) is 18.6. The van der Waals surface area contributed by atoms with Gasteiger partial charge in [-0.2, -0.15) is 0 Å². The number of hydrogen-bond donors (Lipinski definition) is 5. The molecule has 4 rings (SSSR count). The molecule has 1 unspecified atom stereocenters. The zero-order chi connectivity index (χ0) is 22.1. The van der Waals surface area contributed by atoms with Crippen molar-refractivity contribution in [3.8, 4) is 0 Å². The summed E-state index contributed by atoms with van der Waals surface area (Å²) < 4.78 is 0. The monoisotopic (exact) mass is 424 g/mol. The predicted octanol–water partition coefficient (Wildman–Crippen LogP) is 2.77. The van der Waals surface area contributed by atoms with Gasteiger partial charge < -0.3 is 25.5 Å². The Labute approximate surface area is 179 Å². The van der Waals surface area contributed by atoms with Crippen molar-refractivity contribution in [3.05, 3.63) is 0 Å². The maximum Gasteiger partial charge on any atom is 0.332 e. The Kier molecular flexibility index (Phi) is 5.57. The molecule has 0 amide bonds. The highest BCUT2D eigenvalue weighted by Gasteiger charge is 2.63. The SMILES string of the molecule is C[C@H](C[C@H](O)C(=O)O)[C@H]1CC[C@H]2[C@@H]3CC[C@@H]4CC(O)(O)C(O)C[C@]4(C)[C@H]3CC[C@]12C. The molecule has 4 fully saturated rings. The van der Waals surface area contributed by atoms with E-state index in [-0.39, 0.29) is 29.1 Å². The first-order valence-corrected chi connectivity index (χ1v) is 11.9. The molecule has 5 N–H and O–H groups in total. The van der Waals surface area contributed by atoms with E-state index in [2.05, 4.69) is 20.8 Å². The lowest BCUT2D eigenvalue weighted by molar-refractivity contribution is -0.284. The van der Waals surface area contributed by atoms with Crippen molar-refractivity contribution in [2.24, 2.45) is 46.3 Å². The molecule has 6 heteroatoms. The Hall–Kier alpha value is -0.690. The van der Waals surface area contributed by atoms with Crippen LogP contribution in [0, 0.1) is 46.3 Å². The molecule has 0 radical (unpaired) electrons. The van der Waals surface area contributed by atoms with Crippen LogP contribution in [0.4, 0.5) is 0 Å². The molecule has 30 heavy (non-hydrogen) atoms. The van der Waals surface area contributed by atoms with E-state index in [4.69, 9.17) is 5.11 Å². The van der Waals surface area contributed by atoms with Gasteiger partial charge >= 0.3 is 5.97 Å². The van der Waals surface area contributed by atoms with Gasteiger partial charge in [0, 0.05) is 6.42 Å². The number of carbonyl (C=O) groups is 1. The molecule has 172 valence electrons. The van der Waals surface area contributed by atoms with Crippen LogP contribution in [0.5, 0.6) is 0 Å². The van der Waals surface area contributed by atoms with Crippen LogP contribution in [0.2, 0.25) is 0 Å². The summed E-state index contributed by atoms with van der Waals surface area (Å²) in [5.41, 5.74) is 0.120. The standard InChI is InChI=1S/C24H40O6/c1-13(10-19(25)21(27)28)16-6-7-17-15-5-4-14-11-24(29,30)20(26)12-23(14,3)18(15)8-9-22(16,17)2/h13-20,25-26,29-30H,4-12H2,1-3H3,(H,27,28)/t13-,14-,15+,16-,17+,18+,19+,20?,22-,23+/m1/s1. The third-order valence-corrected chi connectivity index (χ3v) is 10.4. The van der Waals surface area contributed by atoms with Crippen LogP contribution in [-0.4, -0.2) is 49.5 Å². The maximum absolute atomic E-state index is 11.1. The van der Waals surface area contributed by atoms with Gasteiger partial charge in [0.1, 0.15) is 6.10 Å². The van der Waals surface area contributed by atoms with Crippen molar-refractivity contribution in [1.82, 2.24) is 0 Å². The van der Waals surface area contributed by atoms with E-state index in [1.165, 1.54) is 0 Å². The highest BCUT2D eigenvalue weighted by molar-refractivity contribution is 5.71. The van der Waals surface area contributed by atoms with E-state index >= 15 is 0 Å². The topological polar surface area (TPSA) is 118 Å². The summed E-state index contributed by atoms with van der Waals surface area (Å²) in [5.74, 6) is -0.561. The summed E-state index contributed by atoms with van der Waals surface area (Å²) in [7, 11) is 0. The fourth-order valence-corrected chi connectivity index (χ4v) is 8.86. The molecule has 10 atom stereocenters. The van der Waals surface area contributed by atoms with Crippen molar-refractivity contribution in [2.45, 2.75) is 96.6 Å². The minimum atomic E-state index is -1.96. The van der Waals surface area contributed by atoms with E-state index in [0.29, 0.717) is 36.5 Å². The lowest BCUT2D eigenvalue weighted by Crippen LogP contribution is -2.60. The average molecular weight is 425 g/mol. The van der Waals surface area contributed by atoms with Gasteiger partial charge in [-0.1, -0.05) is 20.8 Å². The van der Waals surface area contributed by atoms with E-state index < -0.39 is 24.0 Å². The second-order valence-corrected chi connectivity index (χ2v) is 11.8. The van der Waals surface area contributed by atoms with Crippen molar-refractivity contribution in [2.75, 3.05) is 0 Å². The van der Waals surface area contributed by atoms with Crippen LogP contribution in [0.15, 0.2) is 0 Å². The predicted molar refractivity (Wildman–Crippen MR) is 111 cm³/mol. The van der Waals surface area contributed by atoms with Gasteiger partial charge in [-0.3, -0.25) is 0 Å². The smallest absolute Gasteiger partial charge is 0.332 e. The summed E-state index contributed by atoms with van der Waals surface area (Å²) in [6.45, 7) is 6.77. The van der Waals surface area contributed by atoms with Gasteiger partial charge in [-0.25, -0.2) is 4.79 Å². The third kappa shape index (κ3) is 3.33. The molecule has 4 aliphatic rings. The van der Waals surface area contributed by atoms with Crippen LogP contribution < -0.4 is 0 Å². The van der Waals surface area contributed by atoms with Crippen LogP contribution >= 0.6 is 0 Å². The largest absolute Gasteiger partial charge is 0.479 e. The Bertz CT molecular complexity index is 679. The lowest BCUT2D eigenvalue weighted by Gasteiger charge is -2.62. The Morgan fingerprint density at radius 2 is 1.67 bits per heavy atom. The van der Waals surface area contributed by atoms with Gasteiger partial charge in [0.15, 0.2) is 11.9 Å². The number of carboxylic acids is 1. The fourth-order valence-electron chi connectivity index (χ4n) is 8.86. The summed E-state index contributed by atoms with van der Waals surface area (Å²) in [6.07, 6.45) is 5.20. The first-order chi connectivity index (χ1) is 13.9. The molecule has 0 aromatic heterocycles. The van der Waals surface area contributed by atoms with Crippen molar-refractivity contribution in [1.29, 1.82) is 0 Å². The minimum absolute atomic E-state index is 0.0537. The molecule has 0 bridgehead atoms. The summed E-state index contributed by atoms with van der Waals surface area (Å²) >= 11 is 0. The second-order valence-electron chi connectivity index (χ2n) is 11.8. The number of fused-ring (bicyclic) bond motifs is 5. The molecule has 0 aliphatic heterocycles. The number of aliphatic hydroxyl groups excluding tert-OH is 2. The fraction of sp³-hybridized carbons (Fsp3) is 0.958. The van der Waals surface area contributed by atoms with Crippen LogP contribution in [0.3, 0.4) is 0 Å². The van der Waals surface area contributed by atoms with E-state index in [1.54, 1.807) is 0 Å². The number of aliphatic carboxylic acids is 1. The number of aliphatic hydroxyl groups is 4. The van der Waals surface area contributed by atoms with Gasteiger partial charge in [0.05, 0.1) is 0 Å². The second kappa shape index (κ2) is 7.43. The Balaban J connectivity index is 1.53. The number of hydrogen-bond acceptors (Lipinski definition) is 5. The molecule has 0 spiro atoms. The molecular formula is C24H40O6. The highest BCUT2D eigenvalue weighted by atomic mass is 16.5. The molecule has 0 aromatic rings. The third-order valence-electron chi connectivity index (χ3n) is 10.4. The van der Waals surface area contributed by atoms with Crippen LogP contribution in [0.1, 0.15) is 78.6 Å². The molecule has 4 aliphatic carbocycles. The van der Waals surface area contributed by atoms with E-state index in [1.807, 2.05) is 0 Å². The lowest BCUT2D eigenvalue weighted by atomic mass is 9.44. The summed E-state index contributed by atoms with van der Waals surface area (Å²) in [6, 6.07) is 0. The molecular weight excluding hydrogens is 384 g/mol. The summed E-state index contributed by atoms with van der Waals surface area (Å²) in [5, 5.41) is 49.9. The normalized spacial score (nSPS) is 49.4. The Morgan fingerprint density at radius 1 is 1.00 bits per heavy atom. The molecule has 0 saturated heterocycles. The quantitative estimate of drug-likeness (QED) is 0.443. The molecule has 0 heterocycles. The molecule has 4 saturated carbocycles. The average Bonchev–Trinajstić information content (AvgIpc) is 3.00. The van der Waals surface area contributed by atoms with Gasteiger partial charge in [0.25, 0.3) is 0 Å². The molecule has 0 aromatic carbocycles. The first-order valence-electron chi connectivity index (χ1n) is 11.9. The van der Waals surface area contributed by atoms with E-state index in [0.717, 1.165) is 38.5 Å². The maximum atomic E-state index is 11.1. The van der Waals surface area contributed by atoms with Crippen LogP contribution in [0.25, 0.3) is 0 Å². The Morgan fingerprint density at radius 3 is 2.33 bits per heavy atom. The van der Waals surface area contributed by atoms with Gasteiger partial charge in [0.2, 0.25) is 0 Å². The van der Waals surface area contributed by atoms with Crippen LogP contribution in [-0.2, 0) is 4.79 Å². The zero-order valence-electron chi connectivity index (χ0n) is 18.6. The van der Waals surface area contributed by atoms with Crippen molar-refractivity contribution < 1.29 is 30.3 Å². The summed E-state index contributed by atoms with van der Waals surface area (Å²) in [4.78, 5) is 11.1. The van der Waals surface area contributed by atoms with Gasteiger partial charge in [-0.15, -0.1) is 0 Å². The van der Waals surface area contributed by atoms with Gasteiger partial charge in [-0.05, 0) is 97.7 Å².